The van der Waals surface area contributed by atoms with Crippen molar-refractivity contribution >= 4 is 11.6 Å². The highest BCUT2D eigenvalue weighted by molar-refractivity contribution is 5.95. The largest absolute Gasteiger partial charge is 0.509 e. The molecule has 3 rings (SSSR count). The van der Waals surface area contributed by atoms with Gasteiger partial charge < -0.3 is 20.4 Å². The zero-order valence-corrected chi connectivity index (χ0v) is 18.4. The molecular formula is C25H33N3O3. The number of carbonyl (C=O) groups is 1. The molecule has 1 aliphatic rings. The normalized spacial score (nSPS) is 15.3. The molecule has 0 bridgehead atoms. The van der Waals surface area contributed by atoms with Gasteiger partial charge in [-0.2, -0.15) is 0 Å². The fourth-order valence-electron chi connectivity index (χ4n) is 3.96. The lowest BCUT2D eigenvalue weighted by molar-refractivity contribution is 0.0843. The molecule has 1 unspecified atom stereocenters. The van der Waals surface area contributed by atoms with Crippen LogP contribution >= 0.6 is 0 Å². The van der Waals surface area contributed by atoms with Crippen molar-refractivity contribution in [2.75, 3.05) is 32.1 Å². The molecule has 0 aliphatic carbocycles. The van der Waals surface area contributed by atoms with Gasteiger partial charge in [-0.05, 0) is 48.6 Å². The van der Waals surface area contributed by atoms with E-state index in [1.54, 1.807) is 13.1 Å². The van der Waals surface area contributed by atoms with Crippen LogP contribution in [-0.2, 0) is 13.0 Å². The summed E-state index contributed by atoms with van der Waals surface area (Å²) in [6.07, 6.45) is 4.01. The van der Waals surface area contributed by atoms with E-state index in [9.17, 15) is 15.0 Å². The summed E-state index contributed by atoms with van der Waals surface area (Å²) in [4.78, 5) is 16.5. The lowest BCUT2D eigenvalue weighted by Gasteiger charge is -2.28. The Morgan fingerprint density at radius 1 is 1.23 bits per heavy atom. The van der Waals surface area contributed by atoms with E-state index in [1.807, 2.05) is 24.3 Å². The van der Waals surface area contributed by atoms with Crippen molar-refractivity contribution in [3.05, 3.63) is 77.2 Å². The maximum absolute atomic E-state index is 12.9. The van der Waals surface area contributed by atoms with Crippen LogP contribution in [-0.4, -0.2) is 58.7 Å². The zero-order valence-electron chi connectivity index (χ0n) is 18.4. The maximum atomic E-state index is 12.9. The van der Waals surface area contributed by atoms with Crippen LogP contribution in [0.4, 0.5) is 5.69 Å². The maximum Gasteiger partial charge on any atom is 0.257 e. The van der Waals surface area contributed by atoms with Crippen LogP contribution in [0.2, 0.25) is 0 Å². The molecule has 0 spiro atoms. The van der Waals surface area contributed by atoms with E-state index in [0.717, 1.165) is 31.6 Å². The molecule has 6 heteroatoms. The monoisotopic (exact) mass is 423 g/mol. The summed E-state index contributed by atoms with van der Waals surface area (Å²) in [5.41, 5.74) is 4.05. The summed E-state index contributed by atoms with van der Waals surface area (Å²) in [6.45, 7) is 4.27. The van der Waals surface area contributed by atoms with E-state index in [-0.39, 0.29) is 24.3 Å². The van der Waals surface area contributed by atoms with Crippen LogP contribution in [0.15, 0.2) is 60.5 Å². The summed E-state index contributed by atoms with van der Waals surface area (Å²) in [5.74, 6) is -0.0205. The second-order valence-corrected chi connectivity index (χ2v) is 8.11. The van der Waals surface area contributed by atoms with Crippen molar-refractivity contribution in [3.8, 4) is 0 Å². The third-order valence-electron chi connectivity index (χ3n) is 5.71. The summed E-state index contributed by atoms with van der Waals surface area (Å²) in [6, 6.07) is 15.9. The molecule has 0 saturated carbocycles. The number of aliphatic hydroxyl groups excluding tert-OH is 2. The average molecular weight is 424 g/mol. The standard InChI is InChI=1S/C25H33N3O3/c1-3-22(12-14-29)26-23-10-6-9-20(15-23)25(31)27(2)17-24(30)18-28-13-11-19-7-4-5-8-21(19)16-28/h4-10,15,17,22,26,29-30H,3,11-14,16,18H2,1-2H3/b24-17-. The van der Waals surface area contributed by atoms with E-state index < -0.39 is 0 Å². The van der Waals surface area contributed by atoms with Gasteiger partial charge in [0.1, 0.15) is 5.76 Å². The fourth-order valence-corrected chi connectivity index (χ4v) is 3.96. The molecule has 0 fully saturated rings. The van der Waals surface area contributed by atoms with E-state index in [4.69, 9.17) is 0 Å². The predicted octanol–water partition coefficient (Wildman–Crippen LogP) is 3.79. The summed E-state index contributed by atoms with van der Waals surface area (Å²) >= 11 is 0. The van der Waals surface area contributed by atoms with Crippen molar-refractivity contribution in [1.82, 2.24) is 9.80 Å². The first-order valence-corrected chi connectivity index (χ1v) is 10.9. The number of hydrogen-bond donors (Lipinski definition) is 3. The van der Waals surface area contributed by atoms with Gasteiger partial charge in [0.05, 0.1) is 6.54 Å². The first-order valence-electron chi connectivity index (χ1n) is 10.9. The highest BCUT2D eigenvalue weighted by Gasteiger charge is 2.18. The third kappa shape index (κ3) is 6.32. The van der Waals surface area contributed by atoms with E-state index >= 15 is 0 Å². The molecule has 1 aliphatic heterocycles. The Balaban J connectivity index is 1.60. The van der Waals surface area contributed by atoms with Gasteiger partial charge in [0.2, 0.25) is 0 Å². The van der Waals surface area contributed by atoms with E-state index in [2.05, 4.69) is 35.3 Å². The van der Waals surface area contributed by atoms with Gasteiger partial charge in [0, 0.05) is 50.2 Å². The molecule has 1 atom stereocenters. The molecule has 3 N–H and O–H groups in total. The lowest BCUT2D eigenvalue weighted by Crippen LogP contribution is -2.33. The first-order chi connectivity index (χ1) is 15.0. The van der Waals surface area contributed by atoms with Crippen LogP contribution < -0.4 is 5.32 Å². The van der Waals surface area contributed by atoms with Gasteiger partial charge in [-0.3, -0.25) is 9.69 Å². The van der Waals surface area contributed by atoms with Crippen LogP contribution in [0, 0.1) is 0 Å². The Morgan fingerprint density at radius 2 is 2.00 bits per heavy atom. The molecule has 31 heavy (non-hydrogen) atoms. The number of benzene rings is 2. The van der Waals surface area contributed by atoms with Crippen molar-refractivity contribution in [3.63, 3.8) is 0 Å². The topological polar surface area (TPSA) is 76.0 Å². The number of hydrogen-bond acceptors (Lipinski definition) is 5. The Bertz CT molecular complexity index is 912. The van der Waals surface area contributed by atoms with Crippen molar-refractivity contribution in [2.45, 2.75) is 38.8 Å². The van der Waals surface area contributed by atoms with Crippen LogP contribution in [0.25, 0.3) is 0 Å². The van der Waals surface area contributed by atoms with Crippen molar-refractivity contribution < 1.29 is 15.0 Å². The molecule has 166 valence electrons. The number of aliphatic hydroxyl groups is 2. The molecule has 2 aromatic rings. The molecule has 1 amide bonds. The average Bonchev–Trinajstić information content (AvgIpc) is 2.78. The minimum absolute atomic E-state index is 0.125. The number of anilines is 1. The van der Waals surface area contributed by atoms with Crippen LogP contribution in [0.3, 0.4) is 0 Å². The quantitative estimate of drug-likeness (QED) is 0.535. The number of fused-ring (bicyclic) bond motifs is 1. The Kier molecular flexibility index (Phi) is 8.09. The molecule has 0 aromatic heterocycles. The van der Waals surface area contributed by atoms with Gasteiger partial charge >= 0.3 is 0 Å². The second-order valence-electron chi connectivity index (χ2n) is 8.11. The van der Waals surface area contributed by atoms with Crippen molar-refractivity contribution in [2.24, 2.45) is 0 Å². The van der Waals surface area contributed by atoms with Crippen LogP contribution in [0.5, 0.6) is 0 Å². The molecule has 1 heterocycles. The first kappa shape index (κ1) is 22.8. The molecular weight excluding hydrogens is 390 g/mol. The highest BCUT2D eigenvalue weighted by Crippen LogP contribution is 2.19. The fraction of sp³-hybridized carbons (Fsp3) is 0.400. The van der Waals surface area contributed by atoms with Gasteiger partial charge in [-0.1, -0.05) is 37.3 Å². The number of rotatable bonds is 9. The number of nitrogens with zero attached hydrogens (tertiary/aromatic N) is 2. The van der Waals surface area contributed by atoms with E-state index in [0.29, 0.717) is 18.5 Å². The summed E-state index contributed by atoms with van der Waals surface area (Å²) in [7, 11) is 1.66. The number of nitrogens with one attached hydrogen (secondary N) is 1. The Labute approximate surface area is 184 Å². The highest BCUT2D eigenvalue weighted by atomic mass is 16.3. The van der Waals surface area contributed by atoms with Crippen molar-refractivity contribution in [1.29, 1.82) is 0 Å². The number of amides is 1. The molecule has 0 radical (unpaired) electrons. The van der Waals surface area contributed by atoms with Gasteiger partial charge in [0.25, 0.3) is 5.91 Å². The molecule has 0 saturated heterocycles. The van der Waals surface area contributed by atoms with Gasteiger partial charge in [-0.25, -0.2) is 0 Å². The smallest absolute Gasteiger partial charge is 0.257 e. The Hall–Kier alpha value is -2.83. The predicted molar refractivity (Wildman–Crippen MR) is 124 cm³/mol. The number of carbonyl (C=O) groups excluding carboxylic acids is 1. The van der Waals surface area contributed by atoms with Gasteiger partial charge in [-0.15, -0.1) is 0 Å². The lowest BCUT2D eigenvalue weighted by atomic mass is 10.00. The van der Waals surface area contributed by atoms with Crippen LogP contribution in [0.1, 0.15) is 41.3 Å². The summed E-state index contributed by atoms with van der Waals surface area (Å²) < 4.78 is 0. The molecule has 2 aromatic carbocycles. The minimum Gasteiger partial charge on any atom is -0.509 e. The van der Waals surface area contributed by atoms with Gasteiger partial charge in [0.15, 0.2) is 0 Å². The van der Waals surface area contributed by atoms with E-state index in [1.165, 1.54) is 22.2 Å². The molecule has 6 nitrogen and oxygen atoms in total. The SMILES string of the molecule is CCC(CCO)Nc1cccc(C(=O)N(C)/C=C(\O)CN2CCc3ccccc3C2)c1. The summed E-state index contributed by atoms with van der Waals surface area (Å²) in [5, 5.41) is 23.0. The third-order valence-corrected chi connectivity index (χ3v) is 5.71. The second kappa shape index (κ2) is 11.0. The minimum atomic E-state index is -0.186. The zero-order chi connectivity index (χ0) is 22.2. The Morgan fingerprint density at radius 3 is 2.74 bits per heavy atom.